The van der Waals surface area contributed by atoms with Crippen molar-refractivity contribution in [3.63, 3.8) is 0 Å². The molecule has 7 atom stereocenters. The topological polar surface area (TPSA) is 313 Å². The Morgan fingerprint density at radius 3 is 2.38 bits per heavy atom. The van der Waals surface area contributed by atoms with Crippen molar-refractivity contribution in [2.45, 2.75) is 120 Å². The van der Waals surface area contributed by atoms with Gasteiger partial charge in [0.05, 0.1) is 54.0 Å². The van der Waals surface area contributed by atoms with E-state index in [1.807, 2.05) is 57.3 Å². The molecule has 0 radical (unpaired) electrons. The van der Waals surface area contributed by atoms with Gasteiger partial charge in [0.2, 0.25) is 17.7 Å². The van der Waals surface area contributed by atoms with Crippen LogP contribution in [0, 0.1) is 17.2 Å². The first-order chi connectivity index (χ1) is 39.6. The van der Waals surface area contributed by atoms with E-state index in [1.54, 1.807) is 42.5 Å². The third-order valence-electron chi connectivity index (χ3n) is 16.0. The van der Waals surface area contributed by atoms with Crippen molar-refractivity contribution in [2.75, 3.05) is 81.4 Å². The van der Waals surface area contributed by atoms with Crippen LogP contribution in [0.5, 0.6) is 17.5 Å². The summed E-state index contributed by atoms with van der Waals surface area (Å²) in [5, 5.41) is 35.6. The van der Waals surface area contributed by atoms with Crippen molar-refractivity contribution < 1.29 is 56.7 Å². The number of rotatable bonds is 24. The number of phosphoric acid groups is 1. The number of nitrogens with two attached hydrogens (primary N) is 2. The lowest BCUT2D eigenvalue weighted by atomic mass is 9.91. The number of piperazine rings is 1. The van der Waals surface area contributed by atoms with Gasteiger partial charge in [-0.1, -0.05) is 38.1 Å². The summed E-state index contributed by atoms with van der Waals surface area (Å²) in [6.45, 7) is 9.29. The molecule has 2 amide bonds. The predicted molar refractivity (Wildman–Crippen MR) is 300 cm³/mol. The standard InChI is InChI=1S/C57H73N12O12P/c1-35(2)54(57(72)68-33-42(70)25-49(68)56(71)62-36(3)38-10-8-37(30-59)9-11-38)51-29-53(65-81-51)75-23-21-66-19-15-43(16-20-66)79-44-26-45(27-44)80-52-24-39(14-18-61-52)69-40-12-13-41(69)32-67(31-40)48-28-47(63-64-55(48)60)46-6-4-5-7-50(46)76-34-78-82(73,74)77-22-17-58/h4-11,14,18,24,28-29,35-36,40-45,49,54,70H,12-13,15-17,19-23,25-27,31-34,58H2,1-3H3,(H2,60,64)(H,62,71)(H,73,74)/t36-,40?,41?,42+,44-,45-,49-,54+/m0/s1. The van der Waals surface area contributed by atoms with Crippen LogP contribution in [0.2, 0.25) is 0 Å². The maximum atomic E-state index is 14.1. The lowest BCUT2D eigenvalue weighted by Gasteiger charge is -2.43. The van der Waals surface area contributed by atoms with Crippen molar-refractivity contribution >= 4 is 36.8 Å². The lowest BCUT2D eigenvalue weighted by molar-refractivity contribution is -0.141. The fourth-order valence-corrected chi connectivity index (χ4v) is 12.3. The predicted octanol–water partition coefficient (Wildman–Crippen LogP) is 5.32. The zero-order chi connectivity index (χ0) is 57.5. The highest BCUT2D eigenvalue weighted by atomic mass is 31.2. The summed E-state index contributed by atoms with van der Waals surface area (Å²) in [7, 11) is -4.34. The maximum Gasteiger partial charge on any atom is 0.475 e. The van der Waals surface area contributed by atoms with Crippen molar-refractivity contribution in [1.82, 2.24) is 35.5 Å². The van der Waals surface area contributed by atoms with Crippen LogP contribution in [0.25, 0.3) is 11.3 Å². The molecule has 10 rings (SSSR count). The molecule has 5 aromatic rings. The number of piperidine rings is 1. The summed E-state index contributed by atoms with van der Waals surface area (Å²) >= 11 is 0. The second-order valence-corrected chi connectivity index (χ2v) is 23.5. The number of nitriles is 1. The number of benzene rings is 2. The van der Waals surface area contributed by atoms with Crippen molar-refractivity contribution in [3.05, 3.63) is 95.9 Å². The molecule has 25 heteroatoms. The van der Waals surface area contributed by atoms with Crippen LogP contribution in [-0.4, -0.2) is 160 Å². The highest BCUT2D eigenvalue weighted by Crippen LogP contribution is 2.44. The molecular formula is C57H73N12O12P. The zero-order valence-electron chi connectivity index (χ0n) is 46.4. The van der Waals surface area contributed by atoms with Crippen molar-refractivity contribution in [2.24, 2.45) is 11.7 Å². The summed E-state index contributed by atoms with van der Waals surface area (Å²) < 4.78 is 52.3. The number of amides is 2. The van der Waals surface area contributed by atoms with E-state index in [1.165, 1.54) is 4.90 Å². The molecule has 4 saturated heterocycles. The second kappa shape index (κ2) is 26.1. The number of nitrogen functional groups attached to an aromatic ring is 1. The monoisotopic (exact) mass is 1150 g/mol. The number of aliphatic hydroxyl groups excluding tert-OH is 1. The molecule has 1 aliphatic carbocycles. The van der Waals surface area contributed by atoms with E-state index < -0.39 is 32.7 Å². The Balaban J connectivity index is 0.643. The number of para-hydroxylation sites is 1. The van der Waals surface area contributed by atoms with Gasteiger partial charge in [0, 0.05) is 107 Å². The Morgan fingerprint density at radius 2 is 1.65 bits per heavy atom. The van der Waals surface area contributed by atoms with E-state index in [-0.39, 0.29) is 86.2 Å². The SMILES string of the molecule is CC(C)[C@@H](C(=O)N1C[C@H](O)C[C@H]1C(=O)N[C@@H](C)c1ccc(C#N)cc1)c1cc(OCCN2CCC(O[C@H]3C[C@H](Oc4cc(N5C6CCC5CN(c5cc(-c7ccccc7OCOP(=O)(O)OCCN)nnc5N)C6)ccn4)C3)CC2)no1. The molecule has 5 fully saturated rings. The molecule has 82 heavy (non-hydrogen) atoms. The molecule has 24 nitrogen and oxygen atoms in total. The fourth-order valence-electron chi connectivity index (χ4n) is 11.7. The van der Waals surface area contributed by atoms with Crippen LogP contribution in [0.1, 0.15) is 94.6 Å². The zero-order valence-corrected chi connectivity index (χ0v) is 47.3. The van der Waals surface area contributed by atoms with E-state index in [0.29, 0.717) is 53.2 Å². The third kappa shape index (κ3) is 13.9. The number of phosphoric ester groups is 1. The molecule has 1 saturated carbocycles. The summed E-state index contributed by atoms with van der Waals surface area (Å²) in [4.78, 5) is 50.7. The van der Waals surface area contributed by atoms with E-state index in [2.05, 4.69) is 46.4 Å². The van der Waals surface area contributed by atoms with E-state index in [0.717, 1.165) is 81.6 Å². The van der Waals surface area contributed by atoms with Gasteiger partial charge in [-0.05, 0) is 85.6 Å². The third-order valence-corrected chi connectivity index (χ3v) is 17.0. The first kappa shape index (κ1) is 58.3. The van der Waals surface area contributed by atoms with Gasteiger partial charge in [0.1, 0.15) is 30.4 Å². The van der Waals surface area contributed by atoms with Crippen LogP contribution in [0.3, 0.4) is 0 Å². The van der Waals surface area contributed by atoms with Gasteiger partial charge in [0.15, 0.2) is 18.4 Å². The number of hydrogen-bond acceptors (Lipinski definition) is 21. The van der Waals surface area contributed by atoms with Crippen molar-refractivity contribution in [1.29, 1.82) is 5.26 Å². The van der Waals surface area contributed by atoms with Crippen molar-refractivity contribution in [3.8, 4) is 34.8 Å². The first-order valence-electron chi connectivity index (χ1n) is 28.2. The number of nitrogens with zero attached hydrogens (tertiary/aromatic N) is 9. The molecule has 7 N–H and O–H groups in total. The lowest BCUT2D eigenvalue weighted by Crippen LogP contribution is -2.54. The Morgan fingerprint density at radius 1 is 0.890 bits per heavy atom. The van der Waals surface area contributed by atoms with Gasteiger partial charge in [0.25, 0.3) is 5.88 Å². The number of β-amino-alcohol motifs (C(OH)–C–C–N with tert-alkyl or cyclic N) is 1. The normalized spacial score (nSPS) is 23.4. The minimum atomic E-state index is -4.34. The minimum absolute atomic E-state index is 0.0168. The number of anilines is 3. The van der Waals surface area contributed by atoms with Gasteiger partial charge in [-0.2, -0.15) is 5.26 Å². The Labute approximate surface area is 476 Å². The second-order valence-electron chi connectivity index (χ2n) is 22.0. The number of fused-ring (bicyclic) bond motifs is 2. The van der Waals surface area contributed by atoms with E-state index in [9.17, 15) is 24.2 Å². The van der Waals surface area contributed by atoms with Gasteiger partial charge in [-0.25, -0.2) is 14.1 Å². The largest absolute Gasteiger partial charge is 0.475 e. The Bertz CT molecular complexity index is 3070. The number of hydrogen-bond donors (Lipinski definition) is 5. The number of likely N-dealkylation sites (tertiary alicyclic amines) is 2. The number of carbonyl (C=O) groups is 2. The molecule has 438 valence electrons. The number of aromatic nitrogens is 4. The average molecular weight is 1150 g/mol. The summed E-state index contributed by atoms with van der Waals surface area (Å²) in [5.74, 6) is 0.265. The average Bonchev–Trinajstić information content (AvgIpc) is 4.29. The van der Waals surface area contributed by atoms with Crippen LogP contribution >= 0.6 is 7.82 Å². The van der Waals surface area contributed by atoms with Crippen LogP contribution < -0.4 is 40.8 Å². The summed E-state index contributed by atoms with van der Waals surface area (Å²) in [5.41, 5.74) is 16.2. The molecule has 3 unspecified atom stereocenters. The molecule has 5 aliphatic rings. The van der Waals surface area contributed by atoms with Crippen LogP contribution in [-0.2, 0) is 27.9 Å². The van der Waals surface area contributed by atoms with Gasteiger partial charge in [-0.3, -0.25) is 19.0 Å². The minimum Gasteiger partial charge on any atom is -0.474 e. The molecule has 4 aliphatic heterocycles. The molecule has 2 aromatic carbocycles. The smallest absolute Gasteiger partial charge is 0.474 e. The van der Waals surface area contributed by atoms with Gasteiger partial charge >= 0.3 is 7.82 Å². The maximum absolute atomic E-state index is 14.1. The fraction of sp³-hybridized carbons (Fsp3) is 0.526. The highest BCUT2D eigenvalue weighted by Gasteiger charge is 2.45. The van der Waals surface area contributed by atoms with E-state index in [4.69, 9.17) is 49.2 Å². The Kier molecular flexibility index (Phi) is 18.5. The number of nitrogens with one attached hydrogen (secondary N) is 1. The number of aliphatic hydroxyl groups is 1. The molecule has 3 aromatic heterocycles. The molecule has 7 heterocycles. The quantitative estimate of drug-likeness (QED) is 0.0386. The summed E-state index contributed by atoms with van der Waals surface area (Å²) in [6, 6.07) is 23.0. The van der Waals surface area contributed by atoms with Gasteiger partial charge in [-0.15, -0.1) is 10.2 Å². The highest BCUT2D eigenvalue weighted by molar-refractivity contribution is 7.47. The summed E-state index contributed by atoms with van der Waals surface area (Å²) in [6.07, 6.45) is 6.81. The molecule has 2 bridgehead atoms. The van der Waals surface area contributed by atoms with Crippen LogP contribution in [0.4, 0.5) is 17.2 Å². The molecular weight excluding hydrogens is 1080 g/mol. The molecule has 0 spiro atoms. The van der Waals surface area contributed by atoms with Gasteiger partial charge < -0.3 is 65.0 Å². The number of carbonyl (C=O) groups excluding carboxylic acids is 2. The van der Waals surface area contributed by atoms with E-state index >= 15 is 0 Å². The van der Waals surface area contributed by atoms with Crippen LogP contribution in [0.15, 0.2) is 83.5 Å². The Hall–Kier alpha value is -6.94. The number of pyridine rings is 1. The number of ether oxygens (including phenoxy) is 4. The first-order valence-corrected chi connectivity index (χ1v) is 29.7.